The molecule has 0 bridgehead atoms. The van der Waals surface area contributed by atoms with Gasteiger partial charge in [0.15, 0.2) is 5.65 Å². The largest absolute Gasteiger partial charge is 0.381 e. The monoisotopic (exact) mass is 550 g/mol. The normalized spacial score (nSPS) is 17.1. The number of carbonyl (C=O) groups excluding carboxylic acids is 1. The van der Waals surface area contributed by atoms with Gasteiger partial charge in [0.25, 0.3) is 5.91 Å². The maximum atomic E-state index is 13.2. The molecule has 4 heterocycles. The van der Waals surface area contributed by atoms with E-state index in [2.05, 4.69) is 4.90 Å². The van der Waals surface area contributed by atoms with E-state index in [-0.39, 0.29) is 11.8 Å². The maximum absolute atomic E-state index is 13.2. The number of aromatic nitrogens is 4. The quantitative estimate of drug-likeness (QED) is 0.340. The summed E-state index contributed by atoms with van der Waals surface area (Å²) in [6.07, 6.45) is 4.47. The van der Waals surface area contributed by atoms with Crippen LogP contribution in [0.15, 0.2) is 54.7 Å². The van der Waals surface area contributed by atoms with E-state index >= 15 is 0 Å². The molecule has 38 heavy (non-hydrogen) atoms. The molecule has 10 heteroatoms. The van der Waals surface area contributed by atoms with Gasteiger partial charge in [0, 0.05) is 50.9 Å². The van der Waals surface area contributed by atoms with E-state index in [1.807, 2.05) is 46.1 Å². The third-order valence-electron chi connectivity index (χ3n) is 7.26. The molecule has 4 aromatic rings. The van der Waals surface area contributed by atoms with E-state index in [1.165, 1.54) is 0 Å². The molecule has 0 atom stereocenters. The molecule has 2 aromatic carbocycles. The molecule has 2 aromatic heterocycles. The summed E-state index contributed by atoms with van der Waals surface area (Å²) >= 11 is 12.2. The van der Waals surface area contributed by atoms with Gasteiger partial charge in [-0.15, -0.1) is 0 Å². The van der Waals surface area contributed by atoms with Crippen molar-refractivity contribution < 1.29 is 9.53 Å². The fourth-order valence-corrected chi connectivity index (χ4v) is 5.49. The Morgan fingerprint density at radius 3 is 2.53 bits per heavy atom. The number of carbonyl (C=O) groups is 1. The van der Waals surface area contributed by atoms with Crippen molar-refractivity contribution in [3.8, 4) is 5.69 Å². The molecule has 2 saturated heterocycles. The Labute approximate surface area is 231 Å². The third-order valence-corrected chi connectivity index (χ3v) is 8.00. The van der Waals surface area contributed by atoms with E-state index < -0.39 is 0 Å². The van der Waals surface area contributed by atoms with Gasteiger partial charge in [-0.2, -0.15) is 5.10 Å². The fourth-order valence-electron chi connectivity index (χ4n) is 5.19. The average molecular weight is 551 g/mol. The van der Waals surface area contributed by atoms with Gasteiger partial charge in [-0.3, -0.25) is 4.79 Å². The first-order valence-corrected chi connectivity index (χ1v) is 13.7. The number of para-hydroxylation sites is 1. The molecule has 0 N–H and O–H groups in total. The van der Waals surface area contributed by atoms with Crippen molar-refractivity contribution in [2.45, 2.75) is 25.2 Å². The molecule has 2 aliphatic rings. The molecule has 0 spiro atoms. The molecular formula is C28H28Cl2N6O2. The van der Waals surface area contributed by atoms with Crippen molar-refractivity contribution in [2.24, 2.45) is 0 Å². The lowest BCUT2D eigenvalue weighted by Crippen LogP contribution is -2.35. The van der Waals surface area contributed by atoms with Gasteiger partial charge >= 0.3 is 0 Å². The summed E-state index contributed by atoms with van der Waals surface area (Å²) in [7, 11) is 0. The van der Waals surface area contributed by atoms with E-state index in [0.29, 0.717) is 35.2 Å². The summed E-state index contributed by atoms with van der Waals surface area (Å²) in [6.45, 7) is 4.09. The summed E-state index contributed by atoms with van der Waals surface area (Å²) in [4.78, 5) is 27.5. The molecule has 0 saturated carbocycles. The zero-order chi connectivity index (χ0) is 26.1. The third kappa shape index (κ3) is 4.96. The van der Waals surface area contributed by atoms with Gasteiger partial charge in [-0.05, 0) is 49.6 Å². The Kier molecular flexibility index (Phi) is 7.19. The molecule has 2 aliphatic heterocycles. The van der Waals surface area contributed by atoms with Crippen LogP contribution in [0.1, 0.15) is 41.4 Å². The standard InChI is InChI=1S/C28H28Cl2N6O2/c29-23-8-7-20(17-24(23)30)28(37)35-12-4-11-34(13-14-35)26-22-18-31-36(21-5-2-1-3-6-21)27(22)33-25(32-26)19-9-15-38-16-10-19/h1-3,5-8,17-19H,4,9-16H2. The van der Waals surface area contributed by atoms with Crippen LogP contribution >= 0.6 is 23.2 Å². The predicted molar refractivity (Wildman–Crippen MR) is 149 cm³/mol. The SMILES string of the molecule is O=C(c1ccc(Cl)c(Cl)c1)N1CCCN(c2nc(C3CCOCC3)nc3c2cnn3-c2ccccc2)CC1. The average Bonchev–Trinajstić information content (AvgIpc) is 3.24. The van der Waals surface area contributed by atoms with Crippen LogP contribution in [0.5, 0.6) is 0 Å². The second-order valence-electron chi connectivity index (χ2n) is 9.68. The molecule has 0 aliphatic carbocycles. The number of hydrogen-bond acceptors (Lipinski definition) is 6. The number of benzene rings is 2. The van der Waals surface area contributed by atoms with Gasteiger partial charge in [0.2, 0.25) is 0 Å². The minimum Gasteiger partial charge on any atom is -0.381 e. The highest BCUT2D eigenvalue weighted by molar-refractivity contribution is 6.42. The Morgan fingerprint density at radius 2 is 1.74 bits per heavy atom. The molecule has 2 fully saturated rings. The summed E-state index contributed by atoms with van der Waals surface area (Å²) in [5, 5.41) is 6.44. The molecule has 0 unspecified atom stereocenters. The van der Waals surface area contributed by atoms with Crippen LogP contribution in [0.25, 0.3) is 16.7 Å². The lowest BCUT2D eigenvalue weighted by molar-refractivity contribution is 0.0767. The smallest absolute Gasteiger partial charge is 0.253 e. The lowest BCUT2D eigenvalue weighted by atomic mass is 9.99. The zero-order valence-electron chi connectivity index (χ0n) is 20.9. The Hall–Kier alpha value is -3.20. The summed E-state index contributed by atoms with van der Waals surface area (Å²) in [6, 6.07) is 15.1. The van der Waals surface area contributed by atoms with Gasteiger partial charge in [0.05, 0.1) is 27.3 Å². The molecular weight excluding hydrogens is 523 g/mol. The van der Waals surface area contributed by atoms with E-state index in [1.54, 1.807) is 18.2 Å². The van der Waals surface area contributed by atoms with Gasteiger partial charge in [-0.25, -0.2) is 14.6 Å². The van der Waals surface area contributed by atoms with Gasteiger partial charge in [0.1, 0.15) is 11.6 Å². The maximum Gasteiger partial charge on any atom is 0.253 e. The highest BCUT2D eigenvalue weighted by atomic mass is 35.5. The van der Waals surface area contributed by atoms with E-state index in [9.17, 15) is 4.79 Å². The van der Waals surface area contributed by atoms with Crippen molar-refractivity contribution in [2.75, 3.05) is 44.3 Å². The number of amides is 1. The van der Waals surface area contributed by atoms with Gasteiger partial charge < -0.3 is 14.5 Å². The molecule has 8 nitrogen and oxygen atoms in total. The fraction of sp³-hybridized carbons (Fsp3) is 0.357. The molecule has 6 rings (SSSR count). The number of hydrogen-bond donors (Lipinski definition) is 0. The van der Waals surface area contributed by atoms with E-state index in [4.69, 9.17) is 43.0 Å². The predicted octanol–water partition coefficient (Wildman–Crippen LogP) is 5.37. The topological polar surface area (TPSA) is 76.4 Å². The van der Waals surface area contributed by atoms with Crippen LogP contribution in [-0.2, 0) is 4.74 Å². The first-order chi connectivity index (χ1) is 18.6. The van der Waals surface area contributed by atoms with Gasteiger partial charge in [-0.1, -0.05) is 41.4 Å². The molecule has 196 valence electrons. The highest BCUT2D eigenvalue weighted by Gasteiger charge is 2.27. The molecule has 1 amide bonds. The lowest BCUT2D eigenvalue weighted by Gasteiger charge is -2.26. The minimum absolute atomic E-state index is 0.0435. The number of fused-ring (bicyclic) bond motifs is 1. The van der Waals surface area contributed by atoms with Crippen molar-refractivity contribution in [3.63, 3.8) is 0 Å². The van der Waals surface area contributed by atoms with Crippen LogP contribution in [0.2, 0.25) is 10.0 Å². The first kappa shape index (κ1) is 25.1. The summed E-state index contributed by atoms with van der Waals surface area (Å²) in [5.74, 6) is 1.91. The van der Waals surface area contributed by atoms with E-state index in [0.717, 1.165) is 67.4 Å². The van der Waals surface area contributed by atoms with Crippen LogP contribution in [-0.4, -0.2) is 69.9 Å². The van der Waals surface area contributed by atoms with Crippen molar-refractivity contribution in [1.29, 1.82) is 0 Å². The van der Waals surface area contributed by atoms with Crippen LogP contribution in [0, 0.1) is 0 Å². The van der Waals surface area contributed by atoms with Crippen molar-refractivity contribution in [3.05, 3.63) is 76.2 Å². The summed E-state index contributed by atoms with van der Waals surface area (Å²) < 4.78 is 7.49. The minimum atomic E-state index is -0.0435. The number of halogens is 2. The van der Waals surface area contributed by atoms with Crippen LogP contribution in [0.3, 0.4) is 0 Å². The Balaban J connectivity index is 1.33. The van der Waals surface area contributed by atoms with Crippen LogP contribution in [0.4, 0.5) is 5.82 Å². The van der Waals surface area contributed by atoms with Crippen LogP contribution < -0.4 is 4.90 Å². The number of nitrogens with zero attached hydrogens (tertiary/aromatic N) is 6. The number of rotatable bonds is 4. The Morgan fingerprint density at radius 1 is 0.921 bits per heavy atom. The highest BCUT2D eigenvalue weighted by Crippen LogP contribution is 2.32. The summed E-state index contributed by atoms with van der Waals surface area (Å²) in [5.41, 5.74) is 2.30. The van der Waals surface area contributed by atoms with Crippen molar-refractivity contribution in [1.82, 2.24) is 24.6 Å². The Bertz CT molecular complexity index is 1450. The van der Waals surface area contributed by atoms with Crippen molar-refractivity contribution >= 4 is 46.0 Å². The number of ether oxygens (including phenoxy) is 1. The molecule has 0 radical (unpaired) electrons. The number of anilines is 1. The second-order valence-corrected chi connectivity index (χ2v) is 10.5. The first-order valence-electron chi connectivity index (χ1n) is 13.0. The second kappa shape index (κ2) is 10.9. The zero-order valence-corrected chi connectivity index (χ0v) is 22.4.